The third kappa shape index (κ3) is 3.29. The third-order valence-corrected chi connectivity index (χ3v) is 2.74. The van der Waals surface area contributed by atoms with Crippen LogP contribution in [-0.2, 0) is 17.9 Å². The van der Waals surface area contributed by atoms with Crippen molar-refractivity contribution in [1.29, 1.82) is 0 Å². The van der Waals surface area contributed by atoms with E-state index in [0.29, 0.717) is 6.54 Å². The molecule has 0 aliphatic heterocycles. The summed E-state index contributed by atoms with van der Waals surface area (Å²) < 4.78 is 2.57. The second kappa shape index (κ2) is 6.08. The van der Waals surface area contributed by atoms with E-state index in [1.165, 1.54) is 23.1 Å². The smallest absolute Gasteiger partial charge is 0.325 e. The van der Waals surface area contributed by atoms with Crippen LogP contribution in [0.25, 0.3) is 0 Å². The number of carbonyl (C=O) groups is 3. The average molecular weight is 306 g/mol. The average Bonchev–Trinajstić information content (AvgIpc) is 3.04. The maximum atomic E-state index is 12.1. The third-order valence-electron chi connectivity index (χ3n) is 2.74. The number of primary amides is 1. The van der Waals surface area contributed by atoms with Crippen LogP contribution in [0.1, 0.15) is 27.9 Å². The summed E-state index contributed by atoms with van der Waals surface area (Å²) in [5.41, 5.74) is 5.34. The molecule has 0 aliphatic rings. The molecule has 22 heavy (non-hydrogen) atoms. The minimum Gasteiger partial charge on any atom is -0.480 e. The summed E-state index contributed by atoms with van der Waals surface area (Å²) in [6.45, 7) is 1.97. The number of aromatic nitrogens is 4. The van der Waals surface area contributed by atoms with Crippen molar-refractivity contribution < 1.29 is 19.5 Å². The number of nitrogens with zero attached hydrogens (tertiary/aromatic N) is 4. The van der Waals surface area contributed by atoms with E-state index in [1.54, 1.807) is 0 Å². The molecule has 0 fully saturated rings. The van der Waals surface area contributed by atoms with Crippen molar-refractivity contribution in [3.8, 4) is 0 Å². The summed E-state index contributed by atoms with van der Waals surface area (Å²) >= 11 is 0. The molecule has 0 aliphatic carbocycles. The first-order valence-electron chi connectivity index (χ1n) is 6.34. The standard InChI is InChI=1S/C12H14N6O4/c1-2-17-5-8(10(16-17)11(13)21)14-12(22)7-3-4-18(15-7)6-9(19)20/h3-5H,2,6H2,1H3,(H2,13,21)(H,14,22)(H,19,20). The van der Waals surface area contributed by atoms with Gasteiger partial charge in [0, 0.05) is 18.9 Å². The van der Waals surface area contributed by atoms with E-state index >= 15 is 0 Å². The molecule has 2 rings (SSSR count). The van der Waals surface area contributed by atoms with E-state index in [9.17, 15) is 14.4 Å². The molecular weight excluding hydrogens is 292 g/mol. The SMILES string of the molecule is CCn1cc(NC(=O)c2ccn(CC(=O)O)n2)c(C(N)=O)n1. The van der Waals surface area contributed by atoms with Crippen molar-refractivity contribution in [3.05, 3.63) is 29.8 Å². The highest BCUT2D eigenvalue weighted by Gasteiger charge is 2.18. The Balaban J connectivity index is 2.18. The number of carboxylic acids is 1. The number of anilines is 1. The van der Waals surface area contributed by atoms with Gasteiger partial charge in [-0.05, 0) is 13.0 Å². The molecule has 0 aromatic carbocycles. The quantitative estimate of drug-likeness (QED) is 0.658. The van der Waals surface area contributed by atoms with Gasteiger partial charge in [0.25, 0.3) is 11.8 Å². The van der Waals surface area contributed by atoms with Crippen molar-refractivity contribution in [2.24, 2.45) is 5.73 Å². The molecule has 0 radical (unpaired) electrons. The number of carbonyl (C=O) groups excluding carboxylic acids is 2. The molecule has 0 spiro atoms. The van der Waals surface area contributed by atoms with Crippen LogP contribution in [0.3, 0.4) is 0 Å². The van der Waals surface area contributed by atoms with Gasteiger partial charge in [0.1, 0.15) is 6.54 Å². The van der Waals surface area contributed by atoms with Gasteiger partial charge in [0.2, 0.25) is 0 Å². The van der Waals surface area contributed by atoms with E-state index in [1.807, 2.05) is 6.92 Å². The molecule has 0 unspecified atom stereocenters. The first kappa shape index (κ1) is 15.2. The van der Waals surface area contributed by atoms with Gasteiger partial charge in [-0.3, -0.25) is 23.7 Å². The minimum absolute atomic E-state index is 0.0147. The molecule has 0 bridgehead atoms. The Morgan fingerprint density at radius 2 is 2.05 bits per heavy atom. The maximum Gasteiger partial charge on any atom is 0.325 e. The predicted molar refractivity (Wildman–Crippen MR) is 74.2 cm³/mol. The van der Waals surface area contributed by atoms with Gasteiger partial charge in [-0.25, -0.2) is 0 Å². The lowest BCUT2D eigenvalue weighted by atomic mass is 10.3. The maximum absolute atomic E-state index is 12.1. The molecule has 2 heterocycles. The Morgan fingerprint density at radius 3 is 2.64 bits per heavy atom. The molecular formula is C12H14N6O4. The molecule has 4 N–H and O–H groups in total. The highest BCUT2D eigenvalue weighted by atomic mass is 16.4. The molecule has 2 amide bonds. The highest BCUT2D eigenvalue weighted by molar-refractivity contribution is 6.07. The number of nitrogens with two attached hydrogens (primary N) is 1. The first-order valence-corrected chi connectivity index (χ1v) is 6.34. The zero-order valence-corrected chi connectivity index (χ0v) is 11.7. The van der Waals surface area contributed by atoms with Crippen LogP contribution in [-0.4, -0.2) is 42.5 Å². The van der Waals surface area contributed by atoms with E-state index < -0.39 is 17.8 Å². The van der Waals surface area contributed by atoms with Crippen LogP contribution < -0.4 is 11.1 Å². The normalized spacial score (nSPS) is 10.4. The molecule has 0 saturated carbocycles. The Morgan fingerprint density at radius 1 is 1.32 bits per heavy atom. The zero-order chi connectivity index (χ0) is 16.3. The van der Waals surface area contributed by atoms with Crippen molar-refractivity contribution in [3.63, 3.8) is 0 Å². The summed E-state index contributed by atoms with van der Waals surface area (Å²) in [7, 11) is 0. The summed E-state index contributed by atoms with van der Waals surface area (Å²) in [4.78, 5) is 33.9. The fourth-order valence-electron chi connectivity index (χ4n) is 1.75. The second-order valence-electron chi connectivity index (χ2n) is 4.36. The number of aryl methyl sites for hydroxylation is 1. The first-order chi connectivity index (χ1) is 10.4. The lowest BCUT2D eigenvalue weighted by molar-refractivity contribution is -0.137. The Kier molecular flexibility index (Phi) is 4.20. The molecule has 116 valence electrons. The van der Waals surface area contributed by atoms with Crippen molar-refractivity contribution >= 4 is 23.5 Å². The minimum atomic E-state index is -1.07. The van der Waals surface area contributed by atoms with Crippen LogP contribution >= 0.6 is 0 Å². The second-order valence-corrected chi connectivity index (χ2v) is 4.36. The van der Waals surface area contributed by atoms with Gasteiger partial charge in [-0.1, -0.05) is 0 Å². The number of nitrogens with one attached hydrogen (secondary N) is 1. The van der Waals surface area contributed by atoms with Gasteiger partial charge in [-0.15, -0.1) is 0 Å². The zero-order valence-electron chi connectivity index (χ0n) is 11.7. The number of hydrogen-bond donors (Lipinski definition) is 3. The fraction of sp³-hybridized carbons (Fsp3) is 0.250. The lowest BCUT2D eigenvalue weighted by Gasteiger charge is -2.01. The number of carboxylic acid groups (broad SMARTS) is 1. The van der Waals surface area contributed by atoms with Crippen molar-refractivity contribution in [1.82, 2.24) is 19.6 Å². The topological polar surface area (TPSA) is 145 Å². The molecule has 2 aromatic heterocycles. The van der Waals surface area contributed by atoms with Crippen LogP contribution in [0.2, 0.25) is 0 Å². The van der Waals surface area contributed by atoms with Crippen LogP contribution in [0.15, 0.2) is 18.5 Å². The lowest BCUT2D eigenvalue weighted by Crippen LogP contribution is -2.18. The van der Waals surface area contributed by atoms with E-state index in [0.717, 1.165) is 4.68 Å². The summed E-state index contributed by atoms with van der Waals surface area (Å²) in [5.74, 6) is -2.43. The van der Waals surface area contributed by atoms with E-state index in [2.05, 4.69) is 15.5 Å². The highest BCUT2D eigenvalue weighted by Crippen LogP contribution is 2.14. The Labute approximate surface area is 124 Å². The van der Waals surface area contributed by atoms with Crippen LogP contribution in [0.5, 0.6) is 0 Å². The summed E-state index contributed by atoms with van der Waals surface area (Å²) in [6, 6.07) is 1.37. The monoisotopic (exact) mass is 306 g/mol. The Bertz CT molecular complexity index is 732. The largest absolute Gasteiger partial charge is 0.480 e. The van der Waals surface area contributed by atoms with Gasteiger partial charge in [-0.2, -0.15) is 10.2 Å². The van der Waals surface area contributed by atoms with Crippen molar-refractivity contribution in [2.45, 2.75) is 20.0 Å². The van der Waals surface area contributed by atoms with Gasteiger partial charge in [0.15, 0.2) is 11.4 Å². The predicted octanol–water partition coefficient (Wildman–Crippen LogP) is -0.465. The molecule has 0 saturated heterocycles. The number of rotatable bonds is 6. The number of aliphatic carboxylic acids is 1. The van der Waals surface area contributed by atoms with Crippen LogP contribution in [0, 0.1) is 0 Å². The van der Waals surface area contributed by atoms with Gasteiger partial charge < -0.3 is 16.2 Å². The van der Waals surface area contributed by atoms with E-state index in [-0.39, 0.29) is 23.6 Å². The Hall–Kier alpha value is -3.17. The van der Waals surface area contributed by atoms with E-state index in [4.69, 9.17) is 10.8 Å². The molecule has 0 atom stereocenters. The summed E-state index contributed by atoms with van der Waals surface area (Å²) in [6.07, 6.45) is 2.85. The van der Waals surface area contributed by atoms with Crippen molar-refractivity contribution in [2.75, 3.05) is 5.32 Å². The summed E-state index contributed by atoms with van der Waals surface area (Å²) in [5, 5.41) is 18.9. The van der Waals surface area contributed by atoms with Crippen LogP contribution in [0.4, 0.5) is 5.69 Å². The fourth-order valence-corrected chi connectivity index (χ4v) is 1.75. The number of hydrogen-bond acceptors (Lipinski definition) is 5. The van der Waals surface area contributed by atoms with Gasteiger partial charge in [0.05, 0.1) is 5.69 Å². The molecule has 10 nitrogen and oxygen atoms in total. The molecule has 10 heteroatoms. The number of amides is 2. The van der Waals surface area contributed by atoms with Gasteiger partial charge >= 0.3 is 5.97 Å². The molecule has 2 aromatic rings.